The number of aliphatic hydroxyl groups excluding tert-OH is 15. The quantitative estimate of drug-likeness (QED) is 0.0725. The maximum atomic E-state index is 12.5. The minimum Gasteiger partial charge on any atom is -0.394 e. The molecule has 360 valence electrons. The summed E-state index contributed by atoms with van der Waals surface area (Å²) in [6.07, 6.45) is -42.2. The van der Waals surface area contributed by atoms with Crippen LogP contribution in [0, 0.1) is 0 Å². The molecule has 0 bridgehead atoms. The van der Waals surface area contributed by atoms with Crippen LogP contribution >= 0.6 is 0 Å². The standard InChI is InChI=1S/C34H58N2O26/c1-8(42)35-15-20(47)17(44)10(3-37)55-31(15)61-28-18(45)11(4-38)56-33(24(28)51)59-26-14(7-41)58-32(16(21(26)48)36-9(2)43)62-29-19(46)12(5-39)57-34(25(29)52)60-27-13(6-40)54-30(53)23(50)22(27)49/h10-34,37-41,44-53H,3-7H2,1-2H3,(H,35,42)(H,36,43)/t10-,11-,12-,13-,14-,15-,16-,17+,18+,19+,20-,21-,22-,23-,24-,25-,26-,27-,28-,29+,30-,31+,32+,33+,34+/m1/s1. The molecule has 62 heavy (non-hydrogen) atoms. The number of hydrogen-bond donors (Lipinski definition) is 17. The Labute approximate surface area is 351 Å². The Hall–Kier alpha value is -2.02. The van der Waals surface area contributed by atoms with E-state index in [0.29, 0.717) is 0 Å². The number of carbonyl (C=O) groups excluding carboxylic acids is 2. The van der Waals surface area contributed by atoms with Gasteiger partial charge in [-0.3, -0.25) is 9.59 Å². The van der Waals surface area contributed by atoms with E-state index in [0.717, 1.165) is 13.8 Å². The van der Waals surface area contributed by atoms with Gasteiger partial charge in [0.05, 0.1) is 33.0 Å². The monoisotopic (exact) mass is 910 g/mol. The van der Waals surface area contributed by atoms with Crippen LogP contribution in [-0.2, 0) is 52.2 Å². The summed E-state index contributed by atoms with van der Waals surface area (Å²) in [5.41, 5.74) is 0. The second kappa shape index (κ2) is 22.0. The average molecular weight is 911 g/mol. The third-order valence-electron chi connectivity index (χ3n) is 11.1. The molecule has 17 N–H and O–H groups in total. The second-order valence-corrected chi connectivity index (χ2v) is 15.4. The molecule has 25 atom stereocenters. The number of rotatable bonds is 15. The van der Waals surface area contributed by atoms with Crippen molar-refractivity contribution in [1.82, 2.24) is 10.6 Å². The molecule has 0 aromatic carbocycles. The summed E-state index contributed by atoms with van der Waals surface area (Å²) in [5.74, 6) is -1.55. The normalized spacial score (nSPS) is 49.0. The Morgan fingerprint density at radius 2 is 0.726 bits per heavy atom. The van der Waals surface area contributed by atoms with Gasteiger partial charge in [0.1, 0.15) is 122 Å². The first-order valence-electron chi connectivity index (χ1n) is 19.6. The molecule has 5 aliphatic rings. The molecule has 5 saturated heterocycles. The van der Waals surface area contributed by atoms with Crippen LogP contribution in [-0.4, -0.2) is 275 Å². The highest BCUT2D eigenvalue weighted by molar-refractivity contribution is 5.73. The largest absolute Gasteiger partial charge is 0.394 e. The van der Waals surface area contributed by atoms with Crippen molar-refractivity contribution in [3.05, 3.63) is 0 Å². The lowest BCUT2D eigenvalue weighted by Gasteiger charge is -2.50. The van der Waals surface area contributed by atoms with Gasteiger partial charge >= 0.3 is 0 Å². The average Bonchev–Trinajstić information content (AvgIpc) is 3.23. The summed E-state index contributed by atoms with van der Waals surface area (Å²) in [6.45, 7) is -2.53. The summed E-state index contributed by atoms with van der Waals surface area (Å²) >= 11 is 0. The third kappa shape index (κ3) is 10.8. The van der Waals surface area contributed by atoms with Gasteiger partial charge in [-0.05, 0) is 0 Å². The molecular weight excluding hydrogens is 852 g/mol. The first kappa shape index (κ1) is 51.0. The van der Waals surface area contributed by atoms with E-state index < -0.39 is 198 Å². The lowest BCUT2D eigenvalue weighted by molar-refractivity contribution is -0.384. The fourth-order valence-electron chi connectivity index (χ4n) is 7.83. The Morgan fingerprint density at radius 1 is 0.387 bits per heavy atom. The molecule has 0 saturated carbocycles. The van der Waals surface area contributed by atoms with Crippen LogP contribution in [0.15, 0.2) is 0 Å². The van der Waals surface area contributed by atoms with Gasteiger partial charge < -0.3 is 130 Å². The first-order chi connectivity index (χ1) is 29.3. The Bertz CT molecular complexity index is 1440. The van der Waals surface area contributed by atoms with E-state index in [1.165, 1.54) is 0 Å². The number of carbonyl (C=O) groups is 2. The number of nitrogens with one attached hydrogen (secondary N) is 2. The van der Waals surface area contributed by atoms with Gasteiger partial charge in [0.2, 0.25) is 11.8 Å². The number of hydrogen-bond acceptors (Lipinski definition) is 26. The lowest BCUT2D eigenvalue weighted by Crippen LogP contribution is -2.70. The maximum Gasteiger partial charge on any atom is 0.217 e. The van der Waals surface area contributed by atoms with Crippen molar-refractivity contribution in [3.63, 3.8) is 0 Å². The van der Waals surface area contributed by atoms with Gasteiger partial charge in [0.15, 0.2) is 31.5 Å². The van der Waals surface area contributed by atoms with Crippen molar-refractivity contribution in [2.24, 2.45) is 0 Å². The molecule has 0 aromatic heterocycles. The molecule has 28 nitrogen and oxygen atoms in total. The smallest absolute Gasteiger partial charge is 0.217 e. The van der Waals surface area contributed by atoms with Crippen LogP contribution in [0.1, 0.15) is 13.8 Å². The molecule has 28 heteroatoms. The van der Waals surface area contributed by atoms with Crippen molar-refractivity contribution >= 4 is 11.8 Å². The minimum atomic E-state index is -2.10. The number of ether oxygens (including phenoxy) is 9. The molecule has 0 aliphatic carbocycles. The summed E-state index contributed by atoms with van der Waals surface area (Å²) in [4.78, 5) is 24.4. The molecule has 0 aromatic rings. The third-order valence-corrected chi connectivity index (χ3v) is 11.1. The highest BCUT2D eigenvalue weighted by Crippen LogP contribution is 2.35. The molecule has 5 rings (SSSR count). The van der Waals surface area contributed by atoms with Gasteiger partial charge in [-0.2, -0.15) is 0 Å². The van der Waals surface area contributed by atoms with Crippen molar-refractivity contribution in [2.75, 3.05) is 33.0 Å². The van der Waals surface area contributed by atoms with Gasteiger partial charge in [-0.1, -0.05) is 0 Å². The zero-order valence-electron chi connectivity index (χ0n) is 33.2. The van der Waals surface area contributed by atoms with Crippen molar-refractivity contribution in [2.45, 2.75) is 167 Å². The van der Waals surface area contributed by atoms with E-state index in [1.54, 1.807) is 0 Å². The Kier molecular flexibility index (Phi) is 18.1. The summed E-state index contributed by atoms with van der Waals surface area (Å²) in [6, 6.07) is -3.28. The fourth-order valence-corrected chi connectivity index (χ4v) is 7.83. The van der Waals surface area contributed by atoms with Crippen LogP contribution < -0.4 is 10.6 Å². The highest BCUT2D eigenvalue weighted by Gasteiger charge is 2.57. The van der Waals surface area contributed by atoms with E-state index in [1.807, 2.05) is 0 Å². The van der Waals surface area contributed by atoms with Crippen LogP contribution in [0.25, 0.3) is 0 Å². The zero-order chi connectivity index (χ0) is 45.9. The maximum absolute atomic E-state index is 12.5. The van der Waals surface area contributed by atoms with Crippen LogP contribution in [0.4, 0.5) is 0 Å². The number of amides is 2. The molecular formula is C34H58N2O26. The van der Waals surface area contributed by atoms with E-state index >= 15 is 0 Å². The Balaban J connectivity index is 1.37. The van der Waals surface area contributed by atoms with Gasteiger partial charge in [-0.25, -0.2) is 0 Å². The van der Waals surface area contributed by atoms with Gasteiger partial charge in [-0.15, -0.1) is 0 Å². The lowest BCUT2D eigenvalue weighted by atomic mass is 9.94. The zero-order valence-corrected chi connectivity index (χ0v) is 33.2. The number of aliphatic hydroxyl groups is 15. The molecule has 0 unspecified atom stereocenters. The van der Waals surface area contributed by atoms with Crippen LogP contribution in [0.3, 0.4) is 0 Å². The molecule has 2 amide bonds. The highest BCUT2D eigenvalue weighted by atomic mass is 16.8. The van der Waals surface area contributed by atoms with E-state index in [2.05, 4.69) is 10.6 Å². The second-order valence-electron chi connectivity index (χ2n) is 15.4. The minimum absolute atomic E-state index is 0.726. The van der Waals surface area contributed by atoms with E-state index in [4.69, 9.17) is 42.6 Å². The Morgan fingerprint density at radius 3 is 1.15 bits per heavy atom. The van der Waals surface area contributed by atoms with Gasteiger partial charge in [0, 0.05) is 13.8 Å². The van der Waals surface area contributed by atoms with Crippen molar-refractivity contribution in [1.29, 1.82) is 0 Å². The first-order valence-corrected chi connectivity index (χ1v) is 19.6. The summed E-state index contributed by atoms with van der Waals surface area (Å²) < 4.78 is 50.7. The molecule has 5 heterocycles. The van der Waals surface area contributed by atoms with E-state index in [9.17, 15) is 86.2 Å². The molecule has 0 radical (unpaired) electrons. The van der Waals surface area contributed by atoms with Crippen molar-refractivity contribution in [3.8, 4) is 0 Å². The van der Waals surface area contributed by atoms with Gasteiger partial charge in [0.25, 0.3) is 0 Å². The summed E-state index contributed by atoms with van der Waals surface area (Å²) in [7, 11) is 0. The predicted octanol–water partition coefficient (Wildman–Crippen LogP) is -11.6. The summed E-state index contributed by atoms with van der Waals surface area (Å²) in [5, 5.41) is 163. The molecule has 0 spiro atoms. The van der Waals surface area contributed by atoms with Crippen molar-refractivity contribution < 1.29 is 129 Å². The molecule has 5 fully saturated rings. The predicted molar refractivity (Wildman–Crippen MR) is 190 cm³/mol. The van der Waals surface area contributed by atoms with Crippen LogP contribution in [0.2, 0.25) is 0 Å². The molecule has 5 aliphatic heterocycles. The fraction of sp³-hybridized carbons (Fsp3) is 0.941. The topological polar surface area (TPSA) is 445 Å². The SMILES string of the molecule is CC(=O)N[C@H]1[C@H](O[C@H]2[C@@H](O)[C@@H](CO)O[C@@H](O[C@H]3[C@H](O)[C@@H](O)[C@H](O)O[C@@H]3CO)[C@@H]2O)O[C@H](CO)[C@@H](O[C@@H]2O[C@H](CO)[C@H](O)[C@@H](O[C@@H]3O[C@H](CO)[C@H](O)[C@H](O)[C@H]3NC(C)=O)[C@H]2O)[C@@H]1O. The van der Waals surface area contributed by atoms with Crippen LogP contribution in [0.5, 0.6) is 0 Å². The van der Waals surface area contributed by atoms with E-state index in [-0.39, 0.29) is 0 Å².